The number of carbonyl (C=O) groups excluding carboxylic acids is 2. The van der Waals surface area contributed by atoms with E-state index in [9.17, 15) is 14.7 Å². The molecule has 33 heavy (non-hydrogen) atoms. The number of carbonyl (C=O) groups is 2. The Kier molecular flexibility index (Phi) is 9.30. The molecule has 2 fully saturated rings. The molecule has 0 saturated carbocycles. The van der Waals surface area contributed by atoms with E-state index in [2.05, 4.69) is 46.9 Å². The van der Waals surface area contributed by atoms with Gasteiger partial charge in [-0.3, -0.25) is 15.0 Å². The largest absolute Gasteiger partial charge is 0.405 e. The summed E-state index contributed by atoms with van der Waals surface area (Å²) in [5, 5.41) is 12.5. The minimum absolute atomic E-state index is 0.0827. The number of nitrogens with one attached hydrogen (secondary N) is 1. The van der Waals surface area contributed by atoms with Gasteiger partial charge in [0.1, 0.15) is 18.3 Å². The minimum Gasteiger partial charge on any atom is -0.405 e. The van der Waals surface area contributed by atoms with Gasteiger partial charge in [-0.2, -0.15) is 0 Å². The molecule has 0 spiro atoms. The second kappa shape index (κ2) is 10.8. The highest BCUT2D eigenvalue weighted by atomic mass is 28.4. The van der Waals surface area contributed by atoms with Crippen LogP contribution in [-0.2, 0) is 18.4 Å². The standard InChI is InChI=1S/C22H43FN2O6Si2/c1-8-32(9-2,10-3)30-18-21(7,31-33(11-4,12-5)13-6)19(29-22(18,23)16-26)25-15-14-17(27)24-20(25)28/h18-19,26H,8-16H2,1-7H3,(H,24,27,28)/t18-,19+,21+,22+/m0/s1. The zero-order valence-electron chi connectivity index (χ0n) is 21.3. The van der Waals surface area contributed by atoms with Crippen molar-refractivity contribution in [1.29, 1.82) is 0 Å². The van der Waals surface area contributed by atoms with Gasteiger partial charge in [-0.1, -0.05) is 41.5 Å². The number of rotatable bonds is 12. The lowest BCUT2D eigenvalue weighted by atomic mass is 9.94. The summed E-state index contributed by atoms with van der Waals surface area (Å²) in [6, 6.07) is 4.16. The predicted octanol–water partition coefficient (Wildman–Crippen LogP) is 4.11. The van der Waals surface area contributed by atoms with Crippen LogP contribution in [0.4, 0.5) is 9.18 Å². The van der Waals surface area contributed by atoms with Crippen LogP contribution in [0.15, 0.2) is 0 Å². The zero-order chi connectivity index (χ0) is 25.1. The van der Waals surface area contributed by atoms with Crippen LogP contribution < -0.4 is 5.32 Å². The van der Waals surface area contributed by atoms with Crippen molar-refractivity contribution in [1.82, 2.24) is 10.2 Å². The van der Waals surface area contributed by atoms with E-state index in [-0.39, 0.29) is 18.9 Å². The number of aliphatic hydroxyl groups excluding tert-OH is 1. The van der Waals surface area contributed by atoms with E-state index in [0.29, 0.717) is 0 Å². The topological polar surface area (TPSA) is 97.3 Å². The third-order valence-corrected chi connectivity index (χ3v) is 17.3. The number of alkyl halides is 1. The minimum atomic E-state index is -2.53. The molecule has 2 aliphatic heterocycles. The molecule has 2 heterocycles. The van der Waals surface area contributed by atoms with Gasteiger partial charge in [-0.05, 0) is 43.2 Å². The fraction of sp³-hybridized carbons (Fsp3) is 0.909. The average Bonchev–Trinajstić information content (AvgIpc) is 3.03. The molecule has 0 aromatic heterocycles. The Hall–Kier alpha value is -0.856. The van der Waals surface area contributed by atoms with Crippen molar-refractivity contribution in [2.45, 2.75) is 115 Å². The molecule has 2 saturated heterocycles. The molecule has 8 nitrogen and oxygen atoms in total. The summed E-state index contributed by atoms with van der Waals surface area (Å²) in [7, 11) is -4.70. The third kappa shape index (κ3) is 5.23. The van der Waals surface area contributed by atoms with Gasteiger partial charge in [0, 0.05) is 13.0 Å². The molecule has 0 aromatic rings. The molecular formula is C22H43FN2O6Si2. The molecule has 0 aliphatic carbocycles. The van der Waals surface area contributed by atoms with Crippen LogP contribution in [0.5, 0.6) is 0 Å². The lowest BCUT2D eigenvalue weighted by molar-refractivity contribution is -0.209. The number of halogens is 1. The summed E-state index contributed by atoms with van der Waals surface area (Å²) >= 11 is 0. The predicted molar refractivity (Wildman–Crippen MR) is 129 cm³/mol. The van der Waals surface area contributed by atoms with Gasteiger partial charge in [0.05, 0.1) is 0 Å². The van der Waals surface area contributed by atoms with Gasteiger partial charge >= 0.3 is 6.03 Å². The molecule has 11 heteroatoms. The summed E-state index contributed by atoms with van der Waals surface area (Å²) in [5.74, 6) is -2.92. The van der Waals surface area contributed by atoms with E-state index in [1.807, 2.05) is 0 Å². The van der Waals surface area contributed by atoms with E-state index in [0.717, 1.165) is 36.3 Å². The Labute approximate surface area is 199 Å². The first-order valence-electron chi connectivity index (χ1n) is 12.4. The van der Waals surface area contributed by atoms with Gasteiger partial charge in [0.2, 0.25) is 5.91 Å². The Balaban J connectivity index is 2.64. The normalized spacial score (nSPS) is 31.2. The quantitative estimate of drug-likeness (QED) is 0.387. The fourth-order valence-electron chi connectivity index (χ4n) is 5.21. The van der Waals surface area contributed by atoms with Crippen molar-refractivity contribution in [2.24, 2.45) is 0 Å². The van der Waals surface area contributed by atoms with Gasteiger partial charge in [0.25, 0.3) is 5.85 Å². The summed E-state index contributed by atoms with van der Waals surface area (Å²) in [5.41, 5.74) is -1.35. The zero-order valence-corrected chi connectivity index (χ0v) is 23.3. The number of nitrogens with zero attached hydrogens (tertiary/aromatic N) is 1. The smallest absolute Gasteiger partial charge is 0.326 e. The van der Waals surface area contributed by atoms with Crippen molar-refractivity contribution in [3.8, 4) is 0 Å². The maximum Gasteiger partial charge on any atom is 0.326 e. The Morgan fingerprint density at radius 2 is 1.58 bits per heavy atom. The van der Waals surface area contributed by atoms with Gasteiger partial charge in [-0.15, -0.1) is 0 Å². The SMILES string of the molecule is CC[Si](CC)(CC)O[C@H]1[C@@](C)(O[Si](CC)(CC)CC)[C@H](N2CCC(=O)NC2=O)O[C@]1(F)CO. The number of urea groups is 1. The summed E-state index contributed by atoms with van der Waals surface area (Å²) in [6.07, 6.45) is -2.25. The average molecular weight is 507 g/mol. The first-order chi connectivity index (χ1) is 15.5. The molecule has 0 unspecified atom stereocenters. The monoisotopic (exact) mass is 506 g/mol. The number of aliphatic hydroxyl groups is 1. The summed E-state index contributed by atoms with van der Waals surface area (Å²) in [4.78, 5) is 25.8. The molecule has 3 amide bonds. The molecule has 2 N–H and O–H groups in total. The first-order valence-corrected chi connectivity index (χ1v) is 17.5. The highest BCUT2D eigenvalue weighted by Crippen LogP contribution is 2.49. The number of hydrogen-bond donors (Lipinski definition) is 2. The van der Waals surface area contributed by atoms with Crippen LogP contribution in [0.1, 0.15) is 54.9 Å². The molecular weight excluding hydrogens is 463 g/mol. The fourth-order valence-corrected chi connectivity index (χ4v) is 11.2. The number of ether oxygens (including phenoxy) is 1. The van der Waals surface area contributed by atoms with Gasteiger partial charge in [-0.25, -0.2) is 9.18 Å². The second-order valence-corrected chi connectivity index (χ2v) is 18.9. The molecule has 0 bridgehead atoms. The maximum atomic E-state index is 16.4. The van der Waals surface area contributed by atoms with E-state index < -0.39 is 53.1 Å². The molecule has 4 atom stereocenters. The Morgan fingerprint density at radius 1 is 1.06 bits per heavy atom. The molecule has 2 rings (SSSR count). The van der Waals surface area contributed by atoms with Crippen molar-refractivity contribution in [3.05, 3.63) is 0 Å². The van der Waals surface area contributed by atoms with Crippen molar-refractivity contribution in [3.63, 3.8) is 0 Å². The lowest BCUT2D eigenvalue weighted by Gasteiger charge is -2.48. The highest BCUT2D eigenvalue weighted by Gasteiger charge is 2.69. The maximum absolute atomic E-state index is 16.4. The summed E-state index contributed by atoms with van der Waals surface area (Å²) in [6.45, 7) is 13.3. The first kappa shape index (κ1) is 28.4. The number of hydrogen-bond acceptors (Lipinski definition) is 6. The van der Waals surface area contributed by atoms with Gasteiger partial charge in [0.15, 0.2) is 22.9 Å². The molecule has 2 aliphatic rings. The van der Waals surface area contributed by atoms with Crippen LogP contribution in [0.25, 0.3) is 0 Å². The van der Waals surface area contributed by atoms with Crippen LogP contribution in [0, 0.1) is 0 Å². The van der Waals surface area contributed by atoms with Crippen molar-refractivity contribution in [2.75, 3.05) is 13.2 Å². The molecule has 0 radical (unpaired) electrons. The van der Waals surface area contributed by atoms with Crippen LogP contribution in [0.3, 0.4) is 0 Å². The van der Waals surface area contributed by atoms with Crippen LogP contribution in [-0.4, -0.2) is 75.5 Å². The van der Waals surface area contributed by atoms with Crippen molar-refractivity contribution < 1.29 is 32.7 Å². The van der Waals surface area contributed by atoms with Gasteiger partial charge < -0.3 is 18.7 Å². The molecule has 0 aromatic carbocycles. The Bertz CT molecular complexity index is 692. The lowest BCUT2D eigenvalue weighted by Crippen LogP contribution is -2.65. The summed E-state index contributed by atoms with van der Waals surface area (Å²) < 4.78 is 35.8. The highest BCUT2D eigenvalue weighted by molar-refractivity contribution is 6.74. The number of amides is 3. The van der Waals surface area contributed by atoms with E-state index in [4.69, 9.17) is 13.6 Å². The van der Waals surface area contributed by atoms with E-state index in [1.54, 1.807) is 6.92 Å². The molecule has 192 valence electrons. The van der Waals surface area contributed by atoms with E-state index >= 15 is 4.39 Å². The van der Waals surface area contributed by atoms with Crippen molar-refractivity contribution >= 4 is 28.6 Å². The number of imide groups is 1. The van der Waals surface area contributed by atoms with Crippen LogP contribution in [0.2, 0.25) is 36.3 Å². The van der Waals surface area contributed by atoms with Crippen LogP contribution >= 0.6 is 0 Å². The Morgan fingerprint density at radius 3 is 2.00 bits per heavy atom. The van der Waals surface area contributed by atoms with E-state index in [1.165, 1.54) is 4.90 Å². The third-order valence-electron chi connectivity index (χ3n) is 7.97. The second-order valence-electron chi connectivity index (χ2n) is 9.48.